The highest BCUT2D eigenvalue weighted by Gasteiger charge is 2.35. The Labute approximate surface area is 219 Å². The van der Waals surface area contributed by atoms with Crippen molar-refractivity contribution in [1.29, 1.82) is 0 Å². The van der Waals surface area contributed by atoms with Crippen LogP contribution in [0.3, 0.4) is 0 Å². The average Bonchev–Trinajstić information content (AvgIpc) is 2.96. The van der Waals surface area contributed by atoms with E-state index in [9.17, 15) is 9.59 Å². The molecule has 0 unspecified atom stereocenters. The molecule has 0 bridgehead atoms. The molecule has 0 radical (unpaired) electrons. The van der Waals surface area contributed by atoms with Crippen LogP contribution in [0.2, 0.25) is 0 Å². The molecule has 1 amide bonds. The second-order valence-corrected chi connectivity index (χ2v) is 10.6. The number of rotatable bonds is 5. The van der Waals surface area contributed by atoms with Crippen molar-refractivity contribution in [1.82, 2.24) is 20.0 Å². The van der Waals surface area contributed by atoms with Gasteiger partial charge in [0.25, 0.3) is 11.5 Å². The quantitative estimate of drug-likeness (QED) is 0.229. The van der Waals surface area contributed by atoms with E-state index in [1.54, 1.807) is 42.9 Å². The second kappa shape index (κ2) is 10.5. The van der Waals surface area contributed by atoms with Crippen molar-refractivity contribution in [2.75, 3.05) is 5.32 Å². The molecule has 0 saturated carbocycles. The van der Waals surface area contributed by atoms with Crippen molar-refractivity contribution in [2.45, 2.75) is 16.9 Å². The molecule has 3 N–H and O–H groups in total. The van der Waals surface area contributed by atoms with Crippen LogP contribution in [0.4, 0.5) is 5.69 Å². The van der Waals surface area contributed by atoms with Gasteiger partial charge in [0.05, 0.1) is 16.9 Å². The van der Waals surface area contributed by atoms with Crippen molar-refractivity contribution in [2.24, 2.45) is 7.05 Å². The van der Waals surface area contributed by atoms with Gasteiger partial charge in [0, 0.05) is 11.5 Å². The van der Waals surface area contributed by atoms with Gasteiger partial charge in [-0.1, -0.05) is 65.1 Å². The number of aromatic nitrogens is 2. The Morgan fingerprint density at radius 2 is 1.67 bits per heavy atom. The number of carbonyl (C=O) groups is 1. The fraction of sp³-hybridized carbons (Fsp3) is 0.190. The second-order valence-electron chi connectivity index (χ2n) is 6.96. The highest BCUT2D eigenvalue weighted by molar-refractivity contribution is 9.10. The fourth-order valence-electron chi connectivity index (χ4n) is 3.05. The number of amides is 1. The Hall–Kier alpha value is -2.04. The summed E-state index contributed by atoms with van der Waals surface area (Å²) in [6.07, 6.45) is -1.19. The number of benzene rings is 2. The zero-order chi connectivity index (χ0) is 24.3. The minimum absolute atomic E-state index is 0.00948. The summed E-state index contributed by atoms with van der Waals surface area (Å²) in [5.74, 6) is -0.489. The molecule has 1 atom stereocenters. The van der Waals surface area contributed by atoms with E-state index in [0.29, 0.717) is 21.4 Å². The van der Waals surface area contributed by atoms with Gasteiger partial charge in [-0.05, 0) is 59.3 Å². The maximum Gasteiger partial charge on any atom is 0.295 e. The van der Waals surface area contributed by atoms with E-state index in [1.165, 1.54) is 4.68 Å². The van der Waals surface area contributed by atoms with Crippen LogP contribution < -0.4 is 21.5 Å². The zero-order valence-corrected chi connectivity index (χ0v) is 22.1. The summed E-state index contributed by atoms with van der Waals surface area (Å²) in [4.78, 5) is 25.8. The number of thiocarbonyl (C=S) groups is 1. The summed E-state index contributed by atoms with van der Waals surface area (Å²) in [6.45, 7) is 1.77. The number of alkyl halides is 3. The molecule has 7 nitrogen and oxygen atoms in total. The maximum atomic E-state index is 13.1. The van der Waals surface area contributed by atoms with Crippen molar-refractivity contribution in [3.63, 3.8) is 0 Å². The lowest BCUT2D eigenvalue weighted by Gasteiger charge is -2.27. The van der Waals surface area contributed by atoms with E-state index in [2.05, 4.69) is 31.9 Å². The third-order valence-corrected chi connectivity index (χ3v) is 6.36. The van der Waals surface area contributed by atoms with Gasteiger partial charge in [0.15, 0.2) is 5.11 Å². The number of carbonyl (C=O) groups excluding carboxylic acids is 1. The highest BCUT2D eigenvalue weighted by Crippen LogP contribution is 2.29. The van der Waals surface area contributed by atoms with E-state index in [1.807, 2.05) is 30.3 Å². The summed E-state index contributed by atoms with van der Waals surface area (Å²) in [5, 5.41) is 8.24. The number of hydrogen-bond acceptors (Lipinski definition) is 3. The summed E-state index contributed by atoms with van der Waals surface area (Å²) in [7, 11) is 1.76. The third kappa shape index (κ3) is 5.91. The van der Waals surface area contributed by atoms with Gasteiger partial charge in [0.1, 0.15) is 11.9 Å². The van der Waals surface area contributed by atoms with Crippen LogP contribution in [-0.4, -0.2) is 30.3 Å². The smallest absolute Gasteiger partial charge is 0.295 e. The number of nitrogens with one attached hydrogen (secondary N) is 3. The number of hydrogen-bond donors (Lipinski definition) is 3. The molecule has 0 fully saturated rings. The van der Waals surface area contributed by atoms with Crippen LogP contribution in [0.1, 0.15) is 16.1 Å². The summed E-state index contributed by atoms with van der Waals surface area (Å²) >= 11 is 26.9. The Balaban J connectivity index is 1.81. The molecular weight excluding hydrogens is 573 g/mol. The number of para-hydroxylation sites is 1. The Morgan fingerprint density at radius 1 is 1.06 bits per heavy atom. The van der Waals surface area contributed by atoms with Crippen molar-refractivity contribution >= 4 is 79.7 Å². The zero-order valence-electron chi connectivity index (χ0n) is 17.4. The van der Waals surface area contributed by atoms with Gasteiger partial charge >= 0.3 is 0 Å². The van der Waals surface area contributed by atoms with Gasteiger partial charge in [-0.25, -0.2) is 4.68 Å². The van der Waals surface area contributed by atoms with Crippen LogP contribution in [0, 0.1) is 6.92 Å². The number of nitrogens with zero attached hydrogens (tertiary/aromatic N) is 2. The van der Waals surface area contributed by atoms with Crippen molar-refractivity contribution in [3.05, 3.63) is 80.7 Å². The Morgan fingerprint density at radius 3 is 2.27 bits per heavy atom. The Bertz CT molecular complexity index is 1240. The molecule has 3 rings (SSSR count). The maximum absolute atomic E-state index is 13.1. The molecule has 0 aliphatic carbocycles. The summed E-state index contributed by atoms with van der Waals surface area (Å²) < 4.78 is 1.83. The first kappa shape index (κ1) is 25.6. The van der Waals surface area contributed by atoms with E-state index in [4.69, 9.17) is 47.0 Å². The molecule has 33 heavy (non-hydrogen) atoms. The first-order valence-corrected chi connectivity index (χ1v) is 11.9. The standard InChI is InChI=1S/C21H19BrCl3N5O2S/c1-12-16(18(32)30(29(12)2)13-8-4-3-5-9-13)26-20(33)28-19(21(23,24)25)27-17(31)14-10-6-7-11-15(14)22/h3-11,19H,1-2H3,(H,27,31)(H2,26,28,33)/t19-/m1/s1. The van der Waals surface area contributed by atoms with Gasteiger partial charge in [-0.2, -0.15) is 0 Å². The first-order valence-electron chi connectivity index (χ1n) is 9.54. The number of halogens is 4. The predicted molar refractivity (Wildman–Crippen MR) is 141 cm³/mol. The molecule has 12 heteroatoms. The molecule has 0 aliphatic heterocycles. The lowest BCUT2D eigenvalue weighted by Crippen LogP contribution is -2.56. The molecule has 1 aromatic heterocycles. The highest BCUT2D eigenvalue weighted by atomic mass is 79.9. The fourth-order valence-corrected chi connectivity index (χ4v) is 4.06. The SMILES string of the molecule is Cc1c(NC(=S)N[C@@H](NC(=O)c2ccccc2Br)C(Cl)(Cl)Cl)c(=O)n(-c2ccccc2)n1C. The van der Waals surface area contributed by atoms with Gasteiger partial charge in [-0.3, -0.25) is 14.3 Å². The van der Waals surface area contributed by atoms with Crippen molar-refractivity contribution in [3.8, 4) is 5.69 Å². The van der Waals surface area contributed by atoms with Gasteiger partial charge in [-0.15, -0.1) is 0 Å². The minimum Gasteiger partial charge on any atom is -0.339 e. The molecule has 0 aliphatic rings. The molecule has 3 aromatic rings. The lowest BCUT2D eigenvalue weighted by molar-refractivity contribution is 0.0933. The third-order valence-electron chi connectivity index (χ3n) is 4.79. The molecule has 1 heterocycles. The van der Waals surface area contributed by atoms with Crippen molar-refractivity contribution < 1.29 is 4.79 Å². The average molecular weight is 592 g/mol. The normalized spacial score (nSPS) is 12.2. The van der Waals surface area contributed by atoms with Crippen LogP contribution in [-0.2, 0) is 7.05 Å². The van der Waals surface area contributed by atoms with E-state index in [0.717, 1.165) is 0 Å². The molecule has 2 aromatic carbocycles. The van der Waals surface area contributed by atoms with Crippen LogP contribution >= 0.6 is 63.0 Å². The monoisotopic (exact) mass is 589 g/mol. The Kier molecular flexibility index (Phi) is 8.13. The minimum atomic E-state index is -1.95. The summed E-state index contributed by atoms with van der Waals surface area (Å²) in [6, 6.07) is 16.0. The van der Waals surface area contributed by atoms with Gasteiger partial charge in [0.2, 0.25) is 3.79 Å². The van der Waals surface area contributed by atoms with Crippen LogP contribution in [0.5, 0.6) is 0 Å². The van der Waals surface area contributed by atoms with E-state index in [-0.39, 0.29) is 16.4 Å². The molecule has 174 valence electrons. The van der Waals surface area contributed by atoms with Crippen LogP contribution in [0.15, 0.2) is 63.9 Å². The predicted octanol–water partition coefficient (Wildman–Crippen LogP) is 4.66. The first-order chi connectivity index (χ1) is 15.5. The lowest BCUT2D eigenvalue weighted by atomic mass is 10.2. The van der Waals surface area contributed by atoms with E-state index < -0.39 is 15.9 Å². The molecule has 0 spiro atoms. The van der Waals surface area contributed by atoms with E-state index >= 15 is 0 Å². The molecule has 0 saturated heterocycles. The summed E-state index contributed by atoms with van der Waals surface area (Å²) in [5.41, 5.74) is 1.62. The topological polar surface area (TPSA) is 80.1 Å². The van der Waals surface area contributed by atoms with Crippen LogP contribution in [0.25, 0.3) is 5.69 Å². The molecular formula is C21H19BrCl3N5O2S. The number of anilines is 1. The van der Waals surface area contributed by atoms with Gasteiger partial charge < -0.3 is 16.0 Å². The largest absolute Gasteiger partial charge is 0.339 e.